The highest BCUT2D eigenvalue weighted by Gasteiger charge is 2.31. The average molecular weight is 432 g/mol. The predicted octanol–water partition coefficient (Wildman–Crippen LogP) is 3.05. The second kappa shape index (κ2) is 9.94. The minimum absolute atomic E-state index is 0.0530. The third kappa shape index (κ3) is 5.05. The number of hydrogen-bond donors (Lipinski definition) is 0. The molecule has 1 aromatic heterocycles. The zero-order chi connectivity index (χ0) is 20.9. The van der Waals surface area contributed by atoms with Gasteiger partial charge in [0.2, 0.25) is 17.7 Å². The summed E-state index contributed by atoms with van der Waals surface area (Å²) >= 11 is 1.76. The van der Waals surface area contributed by atoms with Crippen LogP contribution in [-0.4, -0.2) is 65.1 Å². The van der Waals surface area contributed by atoms with E-state index < -0.39 is 0 Å². The first-order valence-electron chi connectivity index (χ1n) is 11.5. The van der Waals surface area contributed by atoms with Gasteiger partial charge in [-0.3, -0.25) is 14.4 Å². The number of carbonyl (C=O) groups is 3. The van der Waals surface area contributed by atoms with Crippen molar-refractivity contribution < 1.29 is 14.4 Å². The lowest BCUT2D eigenvalue weighted by molar-refractivity contribution is -0.141. The van der Waals surface area contributed by atoms with E-state index in [1.807, 2.05) is 14.7 Å². The average Bonchev–Trinajstić information content (AvgIpc) is 3.08. The molecule has 0 radical (unpaired) electrons. The van der Waals surface area contributed by atoms with E-state index in [-0.39, 0.29) is 36.5 Å². The molecule has 0 aliphatic carbocycles. The molecule has 30 heavy (non-hydrogen) atoms. The Balaban J connectivity index is 1.19. The summed E-state index contributed by atoms with van der Waals surface area (Å²) in [6.07, 6.45) is 7.66. The lowest BCUT2D eigenvalue weighted by Crippen LogP contribution is -2.45. The van der Waals surface area contributed by atoms with E-state index >= 15 is 0 Å². The molecule has 1 aromatic rings. The lowest BCUT2D eigenvalue weighted by Gasteiger charge is -2.34. The quantitative estimate of drug-likeness (QED) is 0.736. The van der Waals surface area contributed by atoms with Gasteiger partial charge in [0.05, 0.1) is 0 Å². The first-order chi connectivity index (χ1) is 14.6. The molecule has 2 fully saturated rings. The van der Waals surface area contributed by atoms with E-state index in [2.05, 4.69) is 11.4 Å². The Morgan fingerprint density at radius 3 is 2.20 bits per heavy atom. The van der Waals surface area contributed by atoms with Crippen LogP contribution in [0.25, 0.3) is 0 Å². The van der Waals surface area contributed by atoms with Crippen molar-refractivity contribution >= 4 is 29.1 Å². The number of nitrogens with zero attached hydrogens (tertiary/aromatic N) is 3. The fourth-order valence-electron chi connectivity index (χ4n) is 4.92. The van der Waals surface area contributed by atoms with Crippen LogP contribution in [-0.2, 0) is 27.3 Å². The summed E-state index contributed by atoms with van der Waals surface area (Å²) in [6.45, 7) is 4.49. The fraction of sp³-hybridized carbons (Fsp3) is 0.696. The van der Waals surface area contributed by atoms with Crippen molar-refractivity contribution in [2.24, 2.45) is 5.92 Å². The molecule has 0 N–H and O–H groups in total. The van der Waals surface area contributed by atoms with Gasteiger partial charge >= 0.3 is 0 Å². The van der Waals surface area contributed by atoms with Crippen LogP contribution in [0.4, 0.5) is 0 Å². The minimum Gasteiger partial charge on any atom is -0.343 e. The number of carbonyl (C=O) groups excluding carboxylic acids is 3. The zero-order valence-electron chi connectivity index (χ0n) is 17.8. The van der Waals surface area contributed by atoms with Crippen LogP contribution in [0.5, 0.6) is 0 Å². The van der Waals surface area contributed by atoms with Gasteiger partial charge in [0.1, 0.15) is 0 Å². The molecule has 0 aromatic carbocycles. The van der Waals surface area contributed by atoms with E-state index in [1.165, 1.54) is 23.3 Å². The normalized spacial score (nSPS) is 20.6. The number of amides is 3. The van der Waals surface area contributed by atoms with E-state index in [9.17, 15) is 14.4 Å². The summed E-state index contributed by atoms with van der Waals surface area (Å²) in [5, 5.41) is 2.09. The van der Waals surface area contributed by atoms with Gasteiger partial charge in [-0.1, -0.05) is 12.8 Å². The minimum atomic E-state index is 0.0530. The molecule has 6 nitrogen and oxygen atoms in total. The number of rotatable bonds is 4. The second-order valence-electron chi connectivity index (χ2n) is 8.83. The van der Waals surface area contributed by atoms with Crippen LogP contribution < -0.4 is 0 Å². The summed E-state index contributed by atoms with van der Waals surface area (Å²) in [5.74, 6) is 0.475. The number of piperidine rings is 1. The van der Waals surface area contributed by atoms with Gasteiger partial charge in [-0.2, -0.15) is 0 Å². The Kier molecular flexibility index (Phi) is 7.08. The molecule has 7 heteroatoms. The number of fused-ring (bicyclic) bond motifs is 1. The van der Waals surface area contributed by atoms with Gasteiger partial charge in [-0.05, 0) is 49.1 Å². The van der Waals surface area contributed by atoms with Crippen molar-refractivity contribution in [1.82, 2.24) is 14.7 Å². The van der Waals surface area contributed by atoms with Crippen molar-refractivity contribution in [3.63, 3.8) is 0 Å². The Hall–Kier alpha value is -1.89. The van der Waals surface area contributed by atoms with Crippen LogP contribution in [0.3, 0.4) is 0 Å². The van der Waals surface area contributed by atoms with Crippen LogP contribution in [0.15, 0.2) is 11.4 Å². The molecule has 0 unspecified atom stereocenters. The Labute approximate surface area is 183 Å². The van der Waals surface area contributed by atoms with Crippen molar-refractivity contribution in [2.45, 2.75) is 64.3 Å². The largest absolute Gasteiger partial charge is 0.343 e. The molecule has 164 valence electrons. The van der Waals surface area contributed by atoms with Crippen molar-refractivity contribution in [3.05, 3.63) is 21.9 Å². The van der Waals surface area contributed by atoms with Gasteiger partial charge in [-0.25, -0.2) is 0 Å². The summed E-state index contributed by atoms with van der Waals surface area (Å²) in [6, 6.07) is 2.10. The topological polar surface area (TPSA) is 60.9 Å². The Morgan fingerprint density at radius 1 is 0.833 bits per heavy atom. The van der Waals surface area contributed by atoms with Crippen molar-refractivity contribution in [2.75, 3.05) is 32.7 Å². The highest BCUT2D eigenvalue weighted by atomic mass is 32.1. The predicted molar refractivity (Wildman–Crippen MR) is 117 cm³/mol. The van der Waals surface area contributed by atoms with Gasteiger partial charge in [-0.15, -0.1) is 11.3 Å². The van der Waals surface area contributed by atoms with Crippen LogP contribution in [0.2, 0.25) is 0 Å². The first kappa shape index (κ1) is 21.3. The highest BCUT2D eigenvalue weighted by molar-refractivity contribution is 7.10. The molecule has 0 saturated carbocycles. The molecule has 3 aliphatic rings. The Morgan fingerprint density at radius 2 is 1.50 bits per heavy atom. The molecule has 3 amide bonds. The maximum atomic E-state index is 12.8. The smallest absolute Gasteiger partial charge is 0.225 e. The van der Waals surface area contributed by atoms with E-state index in [1.54, 1.807) is 11.3 Å². The summed E-state index contributed by atoms with van der Waals surface area (Å²) in [7, 11) is 0. The maximum absolute atomic E-state index is 12.8. The molecule has 0 bridgehead atoms. The number of thiophene rings is 1. The summed E-state index contributed by atoms with van der Waals surface area (Å²) in [5.41, 5.74) is 1.25. The van der Waals surface area contributed by atoms with Crippen LogP contribution in [0.1, 0.15) is 61.8 Å². The summed E-state index contributed by atoms with van der Waals surface area (Å²) in [4.78, 5) is 45.2. The molecular formula is C23H33N3O3S. The fourth-order valence-corrected chi connectivity index (χ4v) is 5.81. The van der Waals surface area contributed by atoms with Gasteiger partial charge in [0, 0.05) is 62.9 Å². The van der Waals surface area contributed by atoms with Crippen molar-refractivity contribution in [1.29, 1.82) is 0 Å². The second-order valence-corrected chi connectivity index (χ2v) is 9.83. The van der Waals surface area contributed by atoms with Gasteiger partial charge in [0.25, 0.3) is 0 Å². The molecule has 4 rings (SSSR count). The van der Waals surface area contributed by atoms with Gasteiger partial charge < -0.3 is 14.7 Å². The van der Waals surface area contributed by atoms with E-state index in [0.29, 0.717) is 19.6 Å². The first-order valence-corrected chi connectivity index (χ1v) is 12.4. The molecule has 0 atom stereocenters. The maximum Gasteiger partial charge on any atom is 0.225 e. The standard InChI is InChI=1S/C23H33N3O3S/c27-21(5-6-22(28)26-15-9-20-19(17-26)10-16-30-20)24-13-7-18(8-14-24)23(29)25-11-3-1-2-4-12-25/h10,16,18H,1-9,11-15,17H2. The lowest BCUT2D eigenvalue weighted by atomic mass is 9.94. The highest BCUT2D eigenvalue weighted by Crippen LogP contribution is 2.25. The zero-order valence-corrected chi connectivity index (χ0v) is 18.6. The van der Waals surface area contributed by atoms with E-state index in [4.69, 9.17) is 0 Å². The molecule has 4 heterocycles. The summed E-state index contributed by atoms with van der Waals surface area (Å²) < 4.78 is 0. The molecule has 2 saturated heterocycles. The SMILES string of the molecule is O=C(CCC(=O)N1CCc2sccc2C1)N1CCC(C(=O)N2CCCCCC2)CC1. The third-order valence-corrected chi connectivity index (χ3v) is 7.85. The number of hydrogen-bond acceptors (Lipinski definition) is 4. The number of likely N-dealkylation sites (tertiary alicyclic amines) is 2. The molecular weight excluding hydrogens is 398 g/mol. The Bertz CT molecular complexity index is 761. The molecule has 0 spiro atoms. The van der Waals surface area contributed by atoms with Gasteiger partial charge in [0.15, 0.2) is 0 Å². The van der Waals surface area contributed by atoms with Crippen LogP contribution >= 0.6 is 11.3 Å². The van der Waals surface area contributed by atoms with Crippen molar-refractivity contribution in [3.8, 4) is 0 Å². The molecule has 3 aliphatic heterocycles. The third-order valence-electron chi connectivity index (χ3n) is 6.83. The van der Waals surface area contributed by atoms with E-state index in [0.717, 1.165) is 51.7 Å². The monoisotopic (exact) mass is 431 g/mol. The van der Waals surface area contributed by atoms with Crippen LogP contribution in [0, 0.1) is 5.92 Å².